The van der Waals surface area contributed by atoms with Crippen LogP contribution in [0.2, 0.25) is 0 Å². The molecule has 0 fully saturated rings. The predicted molar refractivity (Wildman–Crippen MR) is 49.7 cm³/mol. The summed E-state index contributed by atoms with van der Waals surface area (Å²) in [5.41, 5.74) is 0.472. The average Bonchev–Trinajstić information content (AvgIpc) is 2.23. The first-order valence-electron chi connectivity index (χ1n) is 4.23. The molecule has 1 atom stereocenters. The summed E-state index contributed by atoms with van der Waals surface area (Å²) in [4.78, 5) is 27.3. The van der Waals surface area contributed by atoms with Crippen molar-refractivity contribution < 1.29 is 19.4 Å². The molecule has 2 rings (SSSR count). The molecule has 0 spiro atoms. The molecular weight excluding hydrogens is 200 g/mol. The van der Waals surface area contributed by atoms with Gasteiger partial charge >= 0.3 is 5.97 Å². The van der Waals surface area contributed by atoms with Crippen LogP contribution in [-0.4, -0.2) is 35.1 Å². The van der Waals surface area contributed by atoms with E-state index in [1.807, 2.05) is 0 Å². The molecule has 0 bridgehead atoms. The minimum atomic E-state index is -1.50. The fraction of sp³-hybridized carbons (Fsp3) is 0.222. The number of nitrogens with zero attached hydrogens (tertiary/aromatic N) is 2. The van der Waals surface area contributed by atoms with E-state index in [-0.39, 0.29) is 5.88 Å². The van der Waals surface area contributed by atoms with Crippen LogP contribution in [0.15, 0.2) is 18.3 Å². The number of anilines is 1. The number of hydrogen-bond acceptors (Lipinski definition) is 4. The highest BCUT2D eigenvalue weighted by atomic mass is 16.5. The summed E-state index contributed by atoms with van der Waals surface area (Å²) in [5.74, 6) is -1.77. The van der Waals surface area contributed by atoms with Gasteiger partial charge in [-0.1, -0.05) is 0 Å². The predicted octanol–water partition coefficient (Wildman–Crippen LogP) is -0.110. The fourth-order valence-electron chi connectivity index (χ4n) is 1.34. The SMILES string of the molecule is CN1C(=O)C(C(=O)O)Oc2ncccc21. The zero-order chi connectivity index (χ0) is 11.0. The highest BCUT2D eigenvalue weighted by Gasteiger charge is 2.38. The summed E-state index contributed by atoms with van der Waals surface area (Å²) >= 11 is 0. The van der Waals surface area contributed by atoms with Crippen molar-refractivity contribution in [3.8, 4) is 5.88 Å². The normalized spacial score (nSPS) is 19.4. The zero-order valence-electron chi connectivity index (χ0n) is 7.88. The Hall–Kier alpha value is -2.11. The highest BCUT2D eigenvalue weighted by Crippen LogP contribution is 2.30. The van der Waals surface area contributed by atoms with Gasteiger partial charge in [0.2, 0.25) is 5.88 Å². The quantitative estimate of drug-likeness (QED) is 0.651. The minimum absolute atomic E-state index is 0.159. The van der Waals surface area contributed by atoms with Gasteiger partial charge in [0, 0.05) is 13.2 Å². The highest BCUT2D eigenvalue weighted by molar-refractivity contribution is 6.10. The van der Waals surface area contributed by atoms with Gasteiger partial charge in [-0.05, 0) is 12.1 Å². The van der Waals surface area contributed by atoms with E-state index >= 15 is 0 Å². The van der Waals surface area contributed by atoms with Crippen LogP contribution < -0.4 is 9.64 Å². The second-order valence-electron chi connectivity index (χ2n) is 3.06. The van der Waals surface area contributed by atoms with E-state index in [4.69, 9.17) is 9.84 Å². The van der Waals surface area contributed by atoms with E-state index in [2.05, 4.69) is 4.98 Å². The summed E-state index contributed by atoms with van der Waals surface area (Å²) in [6, 6.07) is 3.28. The topological polar surface area (TPSA) is 79.7 Å². The molecule has 0 radical (unpaired) electrons. The molecule has 0 aromatic carbocycles. The van der Waals surface area contributed by atoms with Gasteiger partial charge in [-0.3, -0.25) is 4.79 Å². The molecule has 0 saturated carbocycles. The van der Waals surface area contributed by atoms with Crippen LogP contribution in [0.25, 0.3) is 0 Å². The second-order valence-corrected chi connectivity index (χ2v) is 3.06. The molecule has 1 unspecified atom stereocenters. The molecule has 1 N–H and O–H groups in total. The Balaban J connectivity index is 2.45. The van der Waals surface area contributed by atoms with Crippen LogP contribution in [-0.2, 0) is 9.59 Å². The van der Waals surface area contributed by atoms with Gasteiger partial charge in [0.25, 0.3) is 12.0 Å². The van der Waals surface area contributed by atoms with E-state index in [0.29, 0.717) is 5.69 Å². The van der Waals surface area contributed by atoms with Crippen LogP contribution >= 0.6 is 0 Å². The van der Waals surface area contributed by atoms with Crippen molar-refractivity contribution in [2.75, 3.05) is 11.9 Å². The van der Waals surface area contributed by atoms with E-state index in [9.17, 15) is 9.59 Å². The summed E-state index contributed by atoms with van der Waals surface area (Å²) in [7, 11) is 1.49. The lowest BCUT2D eigenvalue weighted by Gasteiger charge is -2.28. The Kier molecular flexibility index (Phi) is 2.03. The van der Waals surface area contributed by atoms with Crippen LogP contribution in [0.4, 0.5) is 5.69 Å². The van der Waals surface area contributed by atoms with Gasteiger partial charge in [0.15, 0.2) is 0 Å². The molecule has 15 heavy (non-hydrogen) atoms. The van der Waals surface area contributed by atoms with E-state index in [1.165, 1.54) is 18.1 Å². The number of pyridine rings is 1. The Morgan fingerprint density at radius 2 is 2.40 bits per heavy atom. The lowest BCUT2D eigenvalue weighted by Crippen LogP contribution is -2.48. The Bertz CT molecular complexity index is 432. The van der Waals surface area contributed by atoms with Gasteiger partial charge in [-0.2, -0.15) is 0 Å². The van der Waals surface area contributed by atoms with Crippen molar-refractivity contribution in [1.82, 2.24) is 4.98 Å². The van der Waals surface area contributed by atoms with Crippen LogP contribution in [0.5, 0.6) is 5.88 Å². The number of rotatable bonds is 1. The molecule has 6 heteroatoms. The van der Waals surface area contributed by atoms with Crippen molar-refractivity contribution in [3.63, 3.8) is 0 Å². The maximum atomic E-state index is 11.5. The maximum absolute atomic E-state index is 11.5. The molecule has 1 aromatic rings. The average molecular weight is 208 g/mol. The molecular formula is C9H8N2O4. The molecule has 2 heterocycles. The number of aromatic nitrogens is 1. The van der Waals surface area contributed by atoms with Crippen molar-refractivity contribution in [3.05, 3.63) is 18.3 Å². The second kappa shape index (κ2) is 3.23. The number of carboxylic acid groups (broad SMARTS) is 1. The zero-order valence-corrected chi connectivity index (χ0v) is 7.88. The Labute approximate surface area is 85.1 Å². The standard InChI is InChI=1S/C9H8N2O4/c1-11-5-3-2-4-10-7(5)15-6(8(11)12)9(13)14/h2-4,6H,1H3,(H,13,14). The molecule has 6 nitrogen and oxygen atoms in total. The van der Waals surface area contributed by atoms with Gasteiger partial charge in [0.05, 0.1) is 0 Å². The molecule has 1 aliphatic rings. The molecule has 0 saturated heterocycles. The first-order chi connectivity index (χ1) is 7.11. The van der Waals surface area contributed by atoms with Crippen molar-refractivity contribution in [1.29, 1.82) is 0 Å². The number of carbonyl (C=O) groups is 2. The monoisotopic (exact) mass is 208 g/mol. The van der Waals surface area contributed by atoms with E-state index in [0.717, 1.165) is 0 Å². The lowest BCUT2D eigenvalue weighted by atomic mass is 10.2. The number of fused-ring (bicyclic) bond motifs is 1. The van der Waals surface area contributed by atoms with Gasteiger partial charge in [-0.25, -0.2) is 9.78 Å². The number of carbonyl (C=O) groups excluding carboxylic acids is 1. The third-order valence-corrected chi connectivity index (χ3v) is 2.12. The van der Waals surface area contributed by atoms with Crippen LogP contribution in [0.3, 0.4) is 0 Å². The van der Waals surface area contributed by atoms with Gasteiger partial charge in [0.1, 0.15) is 5.69 Å². The van der Waals surface area contributed by atoms with Crippen LogP contribution in [0, 0.1) is 0 Å². The molecule has 1 aliphatic heterocycles. The minimum Gasteiger partial charge on any atom is -0.478 e. The largest absolute Gasteiger partial charge is 0.478 e. The number of ether oxygens (including phenoxy) is 1. The van der Waals surface area contributed by atoms with Crippen molar-refractivity contribution >= 4 is 17.6 Å². The number of likely N-dealkylation sites (N-methyl/N-ethyl adjacent to an activating group) is 1. The van der Waals surface area contributed by atoms with Crippen molar-refractivity contribution in [2.45, 2.75) is 6.10 Å². The Morgan fingerprint density at radius 1 is 1.67 bits per heavy atom. The number of aliphatic carboxylic acids is 1. The number of hydrogen-bond donors (Lipinski definition) is 1. The number of carboxylic acids is 1. The molecule has 1 amide bonds. The molecule has 1 aromatic heterocycles. The van der Waals surface area contributed by atoms with Gasteiger partial charge in [-0.15, -0.1) is 0 Å². The van der Waals surface area contributed by atoms with Crippen molar-refractivity contribution in [2.24, 2.45) is 0 Å². The smallest absolute Gasteiger partial charge is 0.355 e. The third kappa shape index (κ3) is 1.39. The number of amides is 1. The Morgan fingerprint density at radius 3 is 3.07 bits per heavy atom. The summed E-state index contributed by atoms with van der Waals surface area (Å²) in [6.07, 6.45) is -0.0288. The summed E-state index contributed by atoms with van der Waals surface area (Å²) in [6.45, 7) is 0. The fourth-order valence-corrected chi connectivity index (χ4v) is 1.34. The molecule has 0 aliphatic carbocycles. The van der Waals surface area contributed by atoms with Crippen LogP contribution in [0.1, 0.15) is 0 Å². The summed E-state index contributed by atoms with van der Waals surface area (Å²) in [5, 5.41) is 8.75. The first kappa shape index (κ1) is 9.45. The first-order valence-corrected chi connectivity index (χ1v) is 4.23. The van der Waals surface area contributed by atoms with E-state index < -0.39 is 18.0 Å². The van der Waals surface area contributed by atoms with E-state index in [1.54, 1.807) is 12.1 Å². The van der Waals surface area contributed by atoms with Gasteiger partial charge < -0.3 is 14.7 Å². The lowest BCUT2D eigenvalue weighted by molar-refractivity contribution is -0.150. The molecule has 78 valence electrons. The third-order valence-electron chi connectivity index (χ3n) is 2.12. The maximum Gasteiger partial charge on any atom is 0.355 e. The summed E-state index contributed by atoms with van der Waals surface area (Å²) < 4.78 is 4.97.